The van der Waals surface area contributed by atoms with Crippen LogP contribution in [0.1, 0.15) is 24.4 Å². The molecule has 4 heteroatoms. The number of likely N-dealkylation sites (N-methyl/N-ethyl adjacent to an activating group) is 1. The van der Waals surface area contributed by atoms with Crippen LogP contribution in [0.3, 0.4) is 0 Å². The van der Waals surface area contributed by atoms with Crippen LogP contribution >= 0.6 is 11.6 Å². The van der Waals surface area contributed by atoms with Gasteiger partial charge in [-0.2, -0.15) is 0 Å². The van der Waals surface area contributed by atoms with Crippen LogP contribution in [-0.2, 0) is 6.42 Å². The number of furan rings is 1. The molecule has 2 aromatic heterocycles. The highest BCUT2D eigenvalue weighted by molar-refractivity contribution is 6.31. The van der Waals surface area contributed by atoms with E-state index in [1.807, 2.05) is 42.6 Å². The molecule has 0 radical (unpaired) electrons. The van der Waals surface area contributed by atoms with E-state index in [0.717, 1.165) is 40.4 Å². The van der Waals surface area contributed by atoms with Crippen molar-refractivity contribution in [3.63, 3.8) is 0 Å². The summed E-state index contributed by atoms with van der Waals surface area (Å²) >= 11 is 6.03. The topological polar surface area (TPSA) is 38.1 Å². The molecule has 1 aromatic carbocycles. The van der Waals surface area contributed by atoms with E-state index in [2.05, 4.69) is 23.3 Å². The largest absolute Gasteiger partial charge is 0.459 e. The molecule has 0 aliphatic heterocycles. The highest BCUT2D eigenvalue weighted by Gasteiger charge is 2.16. The van der Waals surface area contributed by atoms with Gasteiger partial charge in [0.1, 0.15) is 11.3 Å². The van der Waals surface area contributed by atoms with E-state index in [1.54, 1.807) is 0 Å². The third-order valence-electron chi connectivity index (χ3n) is 3.43. The molecule has 0 spiro atoms. The summed E-state index contributed by atoms with van der Waals surface area (Å²) in [5, 5.41) is 5.21. The number of nitrogens with zero attached hydrogens (tertiary/aromatic N) is 1. The number of hydrogen-bond donors (Lipinski definition) is 1. The Balaban J connectivity index is 1.91. The number of hydrogen-bond acceptors (Lipinski definition) is 3. The maximum absolute atomic E-state index is 6.03. The molecule has 2 heterocycles. The molecule has 0 amide bonds. The van der Waals surface area contributed by atoms with Gasteiger partial charge in [0.2, 0.25) is 0 Å². The summed E-state index contributed by atoms with van der Waals surface area (Å²) in [6.45, 7) is 2.96. The molecule has 3 nitrogen and oxygen atoms in total. The highest BCUT2D eigenvalue weighted by atomic mass is 35.5. The van der Waals surface area contributed by atoms with Crippen molar-refractivity contribution in [2.75, 3.05) is 6.54 Å². The monoisotopic (exact) mass is 300 g/mol. The highest BCUT2D eigenvalue weighted by Crippen LogP contribution is 2.27. The first-order valence-electron chi connectivity index (χ1n) is 7.08. The lowest BCUT2D eigenvalue weighted by atomic mass is 10.1. The van der Waals surface area contributed by atoms with Crippen LogP contribution in [0, 0.1) is 0 Å². The van der Waals surface area contributed by atoms with Crippen LogP contribution in [-0.4, -0.2) is 11.5 Å². The molecule has 0 fully saturated rings. The molecular formula is C17H17ClN2O. The third-order valence-corrected chi connectivity index (χ3v) is 3.67. The predicted octanol–water partition coefficient (Wildman–Crippen LogP) is 4.37. The van der Waals surface area contributed by atoms with Gasteiger partial charge in [-0.15, -0.1) is 0 Å². The molecule has 1 atom stereocenters. The van der Waals surface area contributed by atoms with Gasteiger partial charge in [0.05, 0.1) is 6.04 Å². The Kier molecular flexibility index (Phi) is 4.23. The van der Waals surface area contributed by atoms with Crippen molar-refractivity contribution in [2.24, 2.45) is 0 Å². The van der Waals surface area contributed by atoms with Crippen LogP contribution < -0.4 is 5.32 Å². The second-order valence-corrected chi connectivity index (χ2v) is 5.40. The number of fused-ring (bicyclic) bond motifs is 1. The van der Waals surface area contributed by atoms with Crippen LogP contribution in [0.2, 0.25) is 5.02 Å². The Labute approximate surface area is 128 Å². The average Bonchev–Trinajstić information content (AvgIpc) is 2.91. The van der Waals surface area contributed by atoms with Crippen LogP contribution in [0.25, 0.3) is 11.0 Å². The summed E-state index contributed by atoms with van der Waals surface area (Å²) < 4.78 is 5.96. The van der Waals surface area contributed by atoms with Crippen LogP contribution in [0.4, 0.5) is 0 Å². The quantitative estimate of drug-likeness (QED) is 0.760. The smallest absolute Gasteiger partial charge is 0.134 e. The molecule has 3 aromatic rings. The first-order chi connectivity index (χ1) is 10.3. The molecule has 21 heavy (non-hydrogen) atoms. The van der Waals surface area contributed by atoms with Gasteiger partial charge in [0.15, 0.2) is 0 Å². The Bertz CT molecular complexity index is 724. The molecule has 1 unspecified atom stereocenters. The van der Waals surface area contributed by atoms with Gasteiger partial charge in [-0.1, -0.05) is 24.6 Å². The first-order valence-corrected chi connectivity index (χ1v) is 7.46. The fourth-order valence-corrected chi connectivity index (χ4v) is 2.63. The van der Waals surface area contributed by atoms with E-state index in [1.165, 1.54) is 0 Å². The number of nitrogens with one attached hydrogen (secondary N) is 1. The standard InChI is InChI=1S/C17H17ClN2O/c1-2-19-15(11-14-5-3-4-8-20-14)17-10-12-9-13(18)6-7-16(12)21-17/h3-10,15,19H,2,11H2,1H3. The first kappa shape index (κ1) is 14.1. The van der Waals surface area contributed by atoms with Gasteiger partial charge in [-0.25, -0.2) is 0 Å². The molecule has 0 saturated carbocycles. The lowest BCUT2D eigenvalue weighted by Gasteiger charge is -2.14. The minimum Gasteiger partial charge on any atom is -0.459 e. The van der Waals surface area contributed by atoms with Crippen molar-refractivity contribution >= 4 is 22.6 Å². The summed E-state index contributed by atoms with van der Waals surface area (Å²) in [6, 6.07) is 13.8. The Morgan fingerprint density at radius 1 is 1.24 bits per heavy atom. The fourth-order valence-electron chi connectivity index (χ4n) is 2.45. The maximum atomic E-state index is 6.03. The van der Waals surface area contributed by atoms with E-state index in [4.69, 9.17) is 16.0 Å². The SMILES string of the molecule is CCNC(Cc1ccccn1)c1cc2cc(Cl)ccc2o1. The molecule has 108 valence electrons. The molecule has 3 rings (SSSR count). The number of benzene rings is 1. The zero-order valence-electron chi connectivity index (χ0n) is 11.8. The fraction of sp³-hybridized carbons (Fsp3) is 0.235. The predicted molar refractivity (Wildman–Crippen MR) is 85.6 cm³/mol. The summed E-state index contributed by atoms with van der Waals surface area (Å²) in [5.41, 5.74) is 1.90. The third kappa shape index (κ3) is 3.26. The summed E-state index contributed by atoms with van der Waals surface area (Å²) in [5.74, 6) is 0.916. The van der Waals surface area contributed by atoms with Crippen molar-refractivity contribution in [2.45, 2.75) is 19.4 Å². The zero-order chi connectivity index (χ0) is 14.7. The van der Waals surface area contributed by atoms with Gasteiger partial charge >= 0.3 is 0 Å². The number of halogens is 1. The van der Waals surface area contributed by atoms with Crippen LogP contribution in [0.15, 0.2) is 53.1 Å². The Hall–Kier alpha value is -1.84. The van der Waals surface area contributed by atoms with E-state index in [-0.39, 0.29) is 6.04 Å². The molecule has 0 saturated heterocycles. The molecule has 0 aliphatic carbocycles. The minimum atomic E-state index is 0.107. The molecule has 1 N–H and O–H groups in total. The van der Waals surface area contributed by atoms with E-state index in [0.29, 0.717) is 0 Å². The van der Waals surface area contributed by atoms with E-state index in [9.17, 15) is 0 Å². The minimum absolute atomic E-state index is 0.107. The van der Waals surface area contributed by atoms with Gasteiger partial charge < -0.3 is 9.73 Å². The maximum Gasteiger partial charge on any atom is 0.134 e. The van der Waals surface area contributed by atoms with Crippen molar-refractivity contribution in [1.29, 1.82) is 0 Å². The second kappa shape index (κ2) is 6.29. The van der Waals surface area contributed by atoms with Gasteiger partial charge in [0, 0.05) is 28.7 Å². The second-order valence-electron chi connectivity index (χ2n) is 4.97. The van der Waals surface area contributed by atoms with Gasteiger partial charge in [0.25, 0.3) is 0 Å². The van der Waals surface area contributed by atoms with Gasteiger partial charge in [-0.05, 0) is 42.9 Å². The van der Waals surface area contributed by atoms with Crippen molar-refractivity contribution in [3.8, 4) is 0 Å². The Morgan fingerprint density at radius 2 is 2.14 bits per heavy atom. The Morgan fingerprint density at radius 3 is 2.90 bits per heavy atom. The molecule has 0 aliphatic rings. The summed E-state index contributed by atoms with van der Waals surface area (Å²) in [7, 11) is 0. The summed E-state index contributed by atoms with van der Waals surface area (Å²) in [4.78, 5) is 4.39. The van der Waals surface area contributed by atoms with E-state index < -0.39 is 0 Å². The normalized spacial score (nSPS) is 12.7. The number of pyridine rings is 1. The summed E-state index contributed by atoms with van der Waals surface area (Å²) in [6.07, 6.45) is 2.61. The zero-order valence-corrected chi connectivity index (χ0v) is 12.6. The van der Waals surface area contributed by atoms with Crippen LogP contribution in [0.5, 0.6) is 0 Å². The van der Waals surface area contributed by atoms with Crippen molar-refractivity contribution < 1.29 is 4.42 Å². The van der Waals surface area contributed by atoms with Crippen molar-refractivity contribution in [3.05, 3.63) is 65.1 Å². The molecular weight excluding hydrogens is 284 g/mol. The number of rotatable bonds is 5. The lowest BCUT2D eigenvalue weighted by Crippen LogP contribution is -2.22. The van der Waals surface area contributed by atoms with Crippen molar-refractivity contribution in [1.82, 2.24) is 10.3 Å². The molecule has 0 bridgehead atoms. The lowest BCUT2D eigenvalue weighted by molar-refractivity contribution is 0.432. The van der Waals surface area contributed by atoms with Gasteiger partial charge in [-0.3, -0.25) is 4.98 Å². The van der Waals surface area contributed by atoms with E-state index >= 15 is 0 Å². The number of aromatic nitrogens is 1. The average molecular weight is 301 g/mol.